The number of hydrogen-bond donors (Lipinski definition) is 1. The van der Waals surface area contributed by atoms with E-state index < -0.39 is 20.5 Å². The fourth-order valence-electron chi connectivity index (χ4n) is 3.17. The van der Waals surface area contributed by atoms with Crippen LogP contribution in [0.1, 0.15) is 25.3 Å². The van der Waals surface area contributed by atoms with Crippen molar-refractivity contribution in [2.24, 2.45) is 11.1 Å². The predicted molar refractivity (Wildman–Crippen MR) is 80.4 cm³/mol. The van der Waals surface area contributed by atoms with Gasteiger partial charge in [0.15, 0.2) is 9.84 Å². The molecule has 0 spiro atoms. The summed E-state index contributed by atoms with van der Waals surface area (Å²) < 4.78 is 43.6. The van der Waals surface area contributed by atoms with Gasteiger partial charge in [0.1, 0.15) is 5.82 Å². The molecule has 1 aromatic rings. The molecule has 0 amide bonds. The molecule has 1 aromatic carbocycles. The Morgan fingerprint density at radius 1 is 1.38 bits per heavy atom. The van der Waals surface area contributed by atoms with E-state index in [1.165, 1.54) is 12.1 Å². The van der Waals surface area contributed by atoms with Crippen LogP contribution in [0.5, 0.6) is 0 Å². The van der Waals surface area contributed by atoms with E-state index in [4.69, 9.17) is 10.5 Å². The van der Waals surface area contributed by atoms with E-state index in [0.717, 1.165) is 0 Å². The lowest BCUT2D eigenvalue weighted by Gasteiger charge is -2.15. The minimum Gasteiger partial charge on any atom is -0.381 e. The van der Waals surface area contributed by atoms with Crippen LogP contribution in [-0.2, 0) is 14.6 Å². The lowest BCUT2D eigenvalue weighted by Crippen LogP contribution is -2.29. The van der Waals surface area contributed by atoms with Crippen LogP contribution in [0.3, 0.4) is 0 Å². The SMILES string of the molecule is CCOC[C@@]1(CN)[C@@H](c2cccc(F)c2)[C@@H]1S(=O)(=O)CC. The van der Waals surface area contributed by atoms with Gasteiger partial charge in [-0.25, -0.2) is 12.8 Å². The lowest BCUT2D eigenvalue weighted by molar-refractivity contribution is 0.101. The van der Waals surface area contributed by atoms with Crippen LogP contribution in [-0.4, -0.2) is 39.2 Å². The Kier molecular flexibility index (Phi) is 4.70. The van der Waals surface area contributed by atoms with Crippen LogP contribution in [0.2, 0.25) is 0 Å². The lowest BCUT2D eigenvalue weighted by atomic mass is 10.00. The van der Waals surface area contributed by atoms with Gasteiger partial charge in [0, 0.05) is 30.2 Å². The van der Waals surface area contributed by atoms with Crippen molar-refractivity contribution in [2.45, 2.75) is 25.0 Å². The van der Waals surface area contributed by atoms with Crippen LogP contribution in [0.25, 0.3) is 0 Å². The molecule has 1 aliphatic carbocycles. The molecule has 3 atom stereocenters. The van der Waals surface area contributed by atoms with Gasteiger partial charge in [-0.2, -0.15) is 0 Å². The first-order valence-corrected chi connectivity index (χ1v) is 8.89. The third kappa shape index (κ3) is 2.84. The molecule has 0 heterocycles. The summed E-state index contributed by atoms with van der Waals surface area (Å²) in [5, 5.41) is -0.589. The van der Waals surface area contributed by atoms with E-state index in [9.17, 15) is 12.8 Å². The van der Waals surface area contributed by atoms with E-state index in [0.29, 0.717) is 12.2 Å². The standard InChI is InChI=1S/C15H22FNO3S/c1-3-20-10-15(9-17)13(14(15)21(18,19)4-2)11-6-5-7-12(16)8-11/h5-8,13-14H,3-4,9-10,17H2,1-2H3/t13-,14-,15-/m0/s1. The first kappa shape index (κ1) is 16.4. The van der Waals surface area contributed by atoms with Crippen LogP contribution in [0, 0.1) is 11.2 Å². The Bertz CT molecular complexity index is 605. The van der Waals surface area contributed by atoms with Crippen molar-refractivity contribution in [3.8, 4) is 0 Å². The molecular weight excluding hydrogens is 293 g/mol. The topological polar surface area (TPSA) is 69.4 Å². The first-order chi connectivity index (χ1) is 9.93. The highest BCUT2D eigenvalue weighted by atomic mass is 32.2. The third-order valence-electron chi connectivity index (χ3n) is 4.33. The fraction of sp³-hybridized carbons (Fsp3) is 0.600. The summed E-state index contributed by atoms with van der Waals surface area (Å²) in [7, 11) is -3.27. The molecule has 0 aliphatic heterocycles. The third-order valence-corrected chi connectivity index (χ3v) is 6.65. The van der Waals surface area contributed by atoms with Crippen molar-refractivity contribution >= 4 is 9.84 Å². The van der Waals surface area contributed by atoms with Gasteiger partial charge in [-0.15, -0.1) is 0 Å². The number of nitrogens with two attached hydrogens (primary N) is 1. The Morgan fingerprint density at radius 2 is 2.10 bits per heavy atom. The number of hydrogen-bond acceptors (Lipinski definition) is 4. The van der Waals surface area contributed by atoms with Gasteiger partial charge in [-0.1, -0.05) is 19.1 Å². The second-order valence-electron chi connectivity index (χ2n) is 5.48. The molecule has 2 N–H and O–H groups in total. The van der Waals surface area contributed by atoms with Gasteiger partial charge in [0.25, 0.3) is 0 Å². The zero-order valence-corrected chi connectivity index (χ0v) is 13.2. The summed E-state index contributed by atoms with van der Waals surface area (Å²) >= 11 is 0. The average molecular weight is 315 g/mol. The quantitative estimate of drug-likeness (QED) is 0.831. The summed E-state index contributed by atoms with van der Waals surface area (Å²) in [5.41, 5.74) is 5.92. The number of ether oxygens (including phenoxy) is 1. The van der Waals surface area contributed by atoms with Crippen LogP contribution in [0.4, 0.5) is 4.39 Å². The zero-order chi connectivity index (χ0) is 15.7. The first-order valence-electron chi connectivity index (χ1n) is 7.17. The van der Waals surface area contributed by atoms with E-state index in [1.807, 2.05) is 6.92 Å². The highest BCUT2D eigenvalue weighted by molar-refractivity contribution is 7.92. The molecule has 21 heavy (non-hydrogen) atoms. The highest BCUT2D eigenvalue weighted by Crippen LogP contribution is 2.62. The maximum atomic E-state index is 13.5. The van der Waals surface area contributed by atoms with Crippen molar-refractivity contribution in [1.29, 1.82) is 0 Å². The molecule has 118 valence electrons. The van der Waals surface area contributed by atoms with Crippen LogP contribution in [0.15, 0.2) is 24.3 Å². The number of sulfone groups is 1. The van der Waals surface area contributed by atoms with Gasteiger partial charge < -0.3 is 10.5 Å². The molecule has 6 heteroatoms. The van der Waals surface area contributed by atoms with Gasteiger partial charge in [-0.3, -0.25) is 0 Å². The second kappa shape index (κ2) is 6.02. The molecular formula is C15H22FNO3S. The molecule has 1 fully saturated rings. The maximum Gasteiger partial charge on any atom is 0.154 e. The van der Waals surface area contributed by atoms with Crippen molar-refractivity contribution < 1.29 is 17.5 Å². The van der Waals surface area contributed by atoms with E-state index in [2.05, 4.69) is 0 Å². The monoisotopic (exact) mass is 315 g/mol. The van der Waals surface area contributed by atoms with Crippen molar-refractivity contribution in [2.75, 3.05) is 25.5 Å². The number of rotatable bonds is 7. The van der Waals surface area contributed by atoms with E-state index >= 15 is 0 Å². The molecule has 4 nitrogen and oxygen atoms in total. The van der Waals surface area contributed by atoms with Crippen molar-refractivity contribution in [3.63, 3.8) is 0 Å². The number of benzene rings is 1. The summed E-state index contributed by atoms with van der Waals surface area (Å²) in [6.45, 7) is 4.46. The molecule has 1 saturated carbocycles. The summed E-state index contributed by atoms with van der Waals surface area (Å²) in [5.74, 6) is -0.610. The van der Waals surface area contributed by atoms with Gasteiger partial charge in [0.2, 0.25) is 0 Å². The smallest absolute Gasteiger partial charge is 0.154 e. The predicted octanol–water partition coefficient (Wildman–Crippen LogP) is 1.71. The molecule has 0 saturated heterocycles. The molecule has 0 bridgehead atoms. The van der Waals surface area contributed by atoms with Crippen molar-refractivity contribution in [3.05, 3.63) is 35.6 Å². The molecule has 0 radical (unpaired) electrons. The molecule has 2 rings (SSSR count). The fourth-order valence-corrected chi connectivity index (χ4v) is 5.32. The molecule has 0 unspecified atom stereocenters. The normalized spacial score (nSPS) is 28.6. The minimum atomic E-state index is -3.27. The Hall–Kier alpha value is -0.980. The average Bonchev–Trinajstić information content (AvgIpc) is 3.15. The molecule has 1 aliphatic rings. The Morgan fingerprint density at radius 3 is 2.62 bits per heavy atom. The van der Waals surface area contributed by atoms with Gasteiger partial charge in [-0.05, 0) is 24.6 Å². The Balaban J connectivity index is 2.41. The van der Waals surface area contributed by atoms with Gasteiger partial charge >= 0.3 is 0 Å². The van der Waals surface area contributed by atoms with Crippen LogP contribution < -0.4 is 5.73 Å². The highest BCUT2D eigenvalue weighted by Gasteiger charge is 2.69. The summed E-state index contributed by atoms with van der Waals surface area (Å²) in [6.07, 6.45) is 0. The number of halogens is 1. The summed E-state index contributed by atoms with van der Waals surface area (Å²) in [6, 6.07) is 6.10. The second-order valence-corrected chi connectivity index (χ2v) is 7.89. The van der Waals surface area contributed by atoms with Crippen molar-refractivity contribution in [1.82, 2.24) is 0 Å². The maximum absolute atomic E-state index is 13.5. The largest absolute Gasteiger partial charge is 0.381 e. The van der Waals surface area contributed by atoms with E-state index in [-0.39, 0.29) is 30.6 Å². The minimum absolute atomic E-state index is 0.0529. The molecule has 0 aromatic heterocycles. The zero-order valence-electron chi connectivity index (χ0n) is 12.4. The van der Waals surface area contributed by atoms with E-state index in [1.54, 1.807) is 19.1 Å². The van der Waals surface area contributed by atoms with Crippen LogP contribution >= 0.6 is 0 Å². The summed E-state index contributed by atoms with van der Waals surface area (Å²) in [4.78, 5) is 0. The Labute approximate surface area is 125 Å². The van der Waals surface area contributed by atoms with Gasteiger partial charge in [0.05, 0.1) is 11.9 Å².